The van der Waals surface area contributed by atoms with Crippen molar-refractivity contribution in [2.75, 3.05) is 7.11 Å². The fourth-order valence-electron chi connectivity index (χ4n) is 3.13. The number of esters is 2. The number of unbranched alkanes of at least 4 members (excludes halogenated alkanes) is 2. The Kier molecular flexibility index (Phi) is 7.86. The minimum Gasteiger partial charge on any atom is -0.508 e. The summed E-state index contributed by atoms with van der Waals surface area (Å²) in [5.41, 5.74) is 1.52. The number of aryl methyl sites for hydroxylation is 1. The number of ether oxygens (including phenoxy) is 3. The number of hydrogen-bond acceptors (Lipinski definition) is 6. The fraction of sp³-hybridized carbons (Fsp3) is 0.231. The van der Waals surface area contributed by atoms with E-state index in [1.165, 1.54) is 24.3 Å². The third-order valence-corrected chi connectivity index (χ3v) is 4.92. The SMILES string of the molecule is CCCCCc1cc(OC(=O)c2ccc(OC)cc2)ccc1OC(=O)c1ccc(O)cc1. The molecule has 0 aromatic heterocycles. The number of rotatable bonds is 9. The predicted molar refractivity (Wildman–Crippen MR) is 121 cm³/mol. The van der Waals surface area contributed by atoms with Crippen LogP contribution in [0.2, 0.25) is 0 Å². The van der Waals surface area contributed by atoms with Crippen molar-refractivity contribution in [2.45, 2.75) is 32.6 Å². The molecule has 0 unspecified atom stereocenters. The van der Waals surface area contributed by atoms with Gasteiger partial charge in [-0.25, -0.2) is 9.59 Å². The number of methoxy groups -OCH3 is 1. The Morgan fingerprint density at radius 2 is 1.38 bits per heavy atom. The Morgan fingerprint density at radius 3 is 2.00 bits per heavy atom. The molecule has 0 saturated heterocycles. The quantitative estimate of drug-likeness (QED) is 0.269. The molecule has 0 saturated carbocycles. The van der Waals surface area contributed by atoms with Crippen molar-refractivity contribution in [2.24, 2.45) is 0 Å². The van der Waals surface area contributed by atoms with Gasteiger partial charge in [-0.1, -0.05) is 19.8 Å². The van der Waals surface area contributed by atoms with Crippen LogP contribution in [-0.2, 0) is 6.42 Å². The van der Waals surface area contributed by atoms with E-state index in [0.29, 0.717) is 34.8 Å². The Hall–Kier alpha value is -3.80. The number of aromatic hydroxyl groups is 1. The highest BCUT2D eigenvalue weighted by atomic mass is 16.5. The largest absolute Gasteiger partial charge is 0.508 e. The molecule has 32 heavy (non-hydrogen) atoms. The standard InChI is InChI=1S/C26H26O6/c1-3-4-5-6-20-17-23(31-25(28)19-9-13-22(30-2)14-10-19)15-16-24(20)32-26(29)18-7-11-21(27)12-8-18/h7-17,27H,3-6H2,1-2H3. The normalized spacial score (nSPS) is 10.4. The highest BCUT2D eigenvalue weighted by Crippen LogP contribution is 2.28. The fourth-order valence-corrected chi connectivity index (χ4v) is 3.13. The minimum atomic E-state index is -0.523. The van der Waals surface area contributed by atoms with E-state index in [2.05, 4.69) is 6.92 Å². The molecule has 0 aliphatic heterocycles. The van der Waals surface area contributed by atoms with Crippen LogP contribution in [0.25, 0.3) is 0 Å². The summed E-state index contributed by atoms with van der Waals surface area (Å²) < 4.78 is 16.2. The van der Waals surface area contributed by atoms with Gasteiger partial charge in [0, 0.05) is 0 Å². The van der Waals surface area contributed by atoms with Crippen molar-refractivity contribution in [3.05, 3.63) is 83.4 Å². The Balaban J connectivity index is 1.77. The first-order valence-electron chi connectivity index (χ1n) is 10.5. The van der Waals surface area contributed by atoms with Gasteiger partial charge in [0.25, 0.3) is 0 Å². The second kappa shape index (κ2) is 11.0. The van der Waals surface area contributed by atoms with Crippen molar-refractivity contribution >= 4 is 11.9 Å². The van der Waals surface area contributed by atoms with Gasteiger partial charge in [-0.3, -0.25) is 0 Å². The summed E-state index contributed by atoms with van der Waals surface area (Å²) in [5.74, 6) is 0.514. The van der Waals surface area contributed by atoms with E-state index < -0.39 is 11.9 Å². The van der Waals surface area contributed by atoms with Gasteiger partial charge in [0.15, 0.2) is 0 Å². The van der Waals surface area contributed by atoms with Crippen LogP contribution in [0.4, 0.5) is 0 Å². The lowest BCUT2D eigenvalue weighted by atomic mass is 10.1. The van der Waals surface area contributed by atoms with E-state index in [9.17, 15) is 14.7 Å². The Bertz CT molecular complexity index is 1050. The van der Waals surface area contributed by atoms with Crippen molar-refractivity contribution in [3.63, 3.8) is 0 Å². The summed E-state index contributed by atoms with van der Waals surface area (Å²) in [7, 11) is 1.56. The minimum absolute atomic E-state index is 0.0739. The Morgan fingerprint density at radius 1 is 0.781 bits per heavy atom. The van der Waals surface area contributed by atoms with Crippen LogP contribution in [0.1, 0.15) is 52.5 Å². The number of hydrogen-bond donors (Lipinski definition) is 1. The molecule has 6 nitrogen and oxygen atoms in total. The molecule has 6 heteroatoms. The van der Waals surface area contributed by atoms with Gasteiger partial charge in [0.1, 0.15) is 23.0 Å². The zero-order valence-corrected chi connectivity index (χ0v) is 18.2. The average Bonchev–Trinajstić information content (AvgIpc) is 2.81. The molecule has 0 fully saturated rings. The molecule has 0 heterocycles. The first kappa shape index (κ1) is 22.9. The lowest BCUT2D eigenvalue weighted by molar-refractivity contribution is 0.0718. The van der Waals surface area contributed by atoms with E-state index in [-0.39, 0.29) is 5.75 Å². The van der Waals surface area contributed by atoms with Crippen molar-refractivity contribution in [1.29, 1.82) is 0 Å². The van der Waals surface area contributed by atoms with Gasteiger partial charge in [0.05, 0.1) is 18.2 Å². The van der Waals surface area contributed by atoms with Gasteiger partial charge >= 0.3 is 11.9 Å². The van der Waals surface area contributed by atoms with Gasteiger partial charge in [-0.2, -0.15) is 0 Å². The molecule has 3 rings (SSSR count). The topological polar surface area (TPSA) is 82.1 Å². The van der Waals surface area contributed by atoms with E-state index in [1.54, 1.807) is 49.6 Å². The number of benzene rings is 3. The van der Waals surface area contributed by atoms with Gasteiger partial charge < -0.3 is 19.3 Å². The van der Waals surface area contributed by atoms with Crippen LogP contribution in [-0.4, -0.2) is 24.2 Å². The van der Waals surface area contributed by atoms with Gasteiger partial charge in [-0.05, 0) is 85.1 Å². The molecule has 3 aromatic carbocycles. The summed E-state index contributed by atoms with van der Waals surface area (Å²) in [4.78, 5) is 25.0. The van der Waals surface area contributed by atoms with Crippen LogP contribution in [0, 0.1) is 0 Å². The van der Waals surface area contributed by atoms with Crippen LogP contribution in [0.3, 0.4) is 0 Å². The first-order chi connectivity index (χ1) is 15.5. The maximum atomic E-state index is 12.5. The molecule has 0 aliphatic rings. The molecular formula is C26H26O6. The number of carbonyl (C=O) groups is 2. The Labute approximate surface area is 187 Å². The van der Waals surface area contributed by atoms with Crippen LogP contribution in [0.5, 0.6) is 23.0 Å². The van der Waals surface area contributed by atoms with Crippen molar-refractivity contribution in [1.82, 2.24) is 0 Å². The molecule has 3 aromatic rings. The summed E-state index contributed by atoms with van der Waals surface area (Å²) in [5, 5.41) is 9.40. The molecule has 0 bridgehead atoms. The molecular weight excluding hydrogens is 408 g/mol. The van der Waals surface area contributed by atoms with Crippen LogP contribution in [0.15, 0.2) is 66.7 Å². The zero-order chi connectivity index (χ0) is 22.9. The molecule has 166 valence electrons. The maximum absolute atomic E-state index is 12.5. The lowest BCUT2D eigenvalue weighted by Crippen LogP contribution is -2.11. The maximum Gasteiger partial charge on any atom is 0.343 e. The van der Waals surface area contributed by atoms with Gasteiger partial charge in [0.2, 0.25) is 0 Å². The average molecular weight is 434 g/mol. The highest BCUT2D eigenvalue weighted by Gasteiger charge is 2.15. The lowest BCUT2D eigenvalue weighted by Gasteiger charge is -2.13. The molecule has 0 atom stereocenters. The van der Waals surface area contributed by atoms with E-state index in [4.69, 9.17) is 14.2 Å². The molecule has 1 N–H and O–H groups in total. The predicted octanol–water partition coefficient (Wildman–Crippen LogP) is 5.57. The molecule has 0 spiro atoms. The highest BCUT2D eigenvalue weighted by molar-refractivity contribution is 5.92. The van der Waals surface area contributed by atoms with Crippen LogP contribution >= 0.6 is 0 Å². The second-order valence-corrected chi connectivity index (χ2v) is 7.28. The molecule has 0 amide bonds. The zero-order valence-electron chi connectivity index (χ0n) is 18.2. The summed E-state index contributed by atoms with van der Waals surface area (Å²) in [6.45, 7) is 2.11. The monoisotopic (exact) mass is 434 g/mol. The number of phenolic OH excluding ortho intramolecular Hbond substituents is 1. The van der Waals surface area contributed by atoms with Gasteiger partial charge in [-0.15, -0.1) is 0 Å². The smallest absolute Gasteiger partial charge is 0.343 e. The third kappa shape index (κ3) is 6.11. The van der Waals surface area contributed by atoms with E-state index in [1.807, 2.05) is 0 Å². The molecule has 0 aliphatic carbocycles. The summed E-state index contributed by atoms with van der Waals surface area (Å²) >= 11 is 0. The van der Waals surface area contributed by atoms with Crippen LogP contribution < -0.4 is 14.2 Å². The summed E-state index contributed by atoms with van der Waals surface area (Å²) in [6.07, 6.45) is 3.67. The van der Waals surface area contributed by atoms with Crippen molar-refractivity contribution < 1.29 is 28.9 Å². The number of carbonyl (C=O) groups excluding carboxylic acids is 2. The van der Waals surface area contributed by atoms with E-state index >= 15 is 0 Å². The first-order valence-corrected chi connectivity index (χ1v) is 10.5. The second-order valence-electron chi connectivity index (χ2n) is 7.28. The third-order valence-electron chi connectivity index (χ3n) is 4.92. The summed E-state index contributed by atoms with van der Waals surface area (Å²) in [6, 6.07) is 17.5. The molecule has 0 radical (unpaired) electrons. The van der Waals surface area contributed by atoms with Crippen molar-refractivity contribution in [3.8, 4) is 23.0 Å². The van der Waals surface area contributed by atoms with E-state index in [0.717, 1.165) is 24.8 Å². The number of phenols is 1.